The van der Waals surface area contributed by atoms with Gasteiger partial charge in [-0.3, -0.25) is 14.4 Å². The molecule has 0 bridgehead atoms. The largest absolute Gasteiger partial charge is 0.333 e. The minimum absolute atomic E-state index is 0.0226. The highest BCUT2D eigenvalue weighted by Crippen LogP contribution is 2.43. The Hall–Kier alpha value is -3.69. The number of anilines is 1. The van der Waals surface area contributed by atoms with Gasteiger partial charge in [0.05, 0.1) is 11.1 Å². The molecule has 33 heavy (non-hydrogen) atoms. The number of aromatic nitrogens is 1. The van der Waals surface area contributed by atoms with Gasteiger partial charge in [0, 0.05) is 25.6 Å². The van der Waals surface area contributed by atoms with Crippen LogP contribution in [0.3, 0.4) is 0 Å². The Morgan fingerprint density at radius 1 is 1.30 bits per heavy atom. The van der Waals surface area contributed by atoms with Crippen molar-refractivity contribution < 1.29 is 23.2 Å². The van der Waals surface area contributed by atoms with Crippen LogP contribution >= 0.6 is 11.6 Å². The van der Waals surface area contributed by atoms with Crippen LogP contribution in [-0.2, 0) is 11.8 Å². The molecule has 0 aliphatic heterocycles. The van der Waals surface area contributed by atoms with Gasteiger partial charge in [-0.15, -0.1) is 6.42 Å². The maximum absolute atomic E-state index is 13.9. The van der Waals surface area contributed by atoms with Gasteiger partial charge < -0.3 is 15.2 Å². The number of hydrogen-bond acceptors (Lipinski definition) is 4. The smallest absolute Gasteiger partial charge is 0.293 e. The first-order chi connectivity index (χ1) is 15.3. The molecular weight excluding hydrogens is 454 g/mol. The first-order valence-electron chi connectivity index (χ1n) is 9.74. The van der Waals surface area contributed by atoms with Crippen molar-refractivity contribution in [3.63, 3.8) is 0 Å². The summed E-state index contributed by atoms with van der Waals surface area (Å²) in [5.41, 5.74) is -3.02. The fraction of sp³-hybridized carbons (Fsp3) is 0.304. The van der Waals surface area contributed by atoms with Crippen molar-refractivity contribution in [1.29, 1.82) is 5.26 Å². The molecule has 1 aromatic heterocycles. The van der Waals surface area contributed by atoms with Crippen LogP contribution in [0.1, 0.15) is 51.7 Å². The van der Waals surface area contributed by atoms with E-state index in [4.69, 9.17) is 23.3 Å². The Morgan fingerprint density at radius 3 is 2.48 bits per heavy atom. The zero-order chi connectivity index (χ0) is 24.7. The van der Waals surface area contributed by atoms with Crippen molar-refractivity contribution in [3.05, 3.63) is 51.6 Å². The van der Waals surface area contributed by atoms with Crippen molar-refractivity contribution in [2.24, 2.45) is 7.05 Å². The minimum atomic E-state index is -1.54. The zero-order valence-corrected chi connectivity index (χ0v) is 18.7. The van der Waals surface area contributed by atoms with Crippen LogP contribution in [-0.4, -0.2) is 33.4 Å². The van der Waals surface area contributed by atoms with E-state index in [1.165, 1.54) is 31.5 Å². The average Bonchev–Trinajstić information content (AvgIpc) is 2.95. The Kier molecular flexibility index (Phi) is 6.06. The molecule has 1 aliphatic carbocycles. The van der Waals surface area contributed by atoms with E-state index in [2.05, 4.69) is 16.6 Å². The lowest BCUT2D eigenvalue weighted by molar-refractivity contribution is -0.120. The lowest BCUT2D eigenvalue weighted by Crippen LogP contribution is -2.62. The lowest BCUT2D eigenvalue weighted by atomic mass is 9.67. The predicted octanol–water partition coefficient (Wildman–Crippen LogP) is 3.44. The minimum Gasteiger partial charge on any atom is -0.333 e. The molecule has 170 valence electrons. The zero-order valence-electron chi connectivity index (χ0n) is 18.0. The van der Waals surface area contributed by atoms with E-state index in [1.807, 2.05) is 0 Å². The van der Waals surface area contributed by atoms with Crippen LogP contribution in [0.4, 0.5) is 14.5 Å². The summed E-state index contributed by atoms with van der Waals surface area (Å²) in [6.45, 7) is 2.78. The molecule has 1 aliphatic rings. The van der Waals surface area contributed by atoms with Gasteiger partial charge in [0.25, 0.3) is 17.6 Å². The monoisotopic (exact) mass is 472 g/mol. The summed E-state index contributed by atoms with van der Waals surface area (Å²) < 4.78 is 28.7. The fourth-order valence-corrected chi connectivity index (χ4v) is 4.39. The van der Waals surface area contributed by atoms with Crippen LogP contribution in [0.2, 0.25) is 5.15 Å². The normalized spacial score (nSPS) is 21.3. The first-order valence-corrected chi connectivity index (χ1v) is 10.1. The van der Waals surface area contributed by atoms with Crippen molar-refractivity contribution in [2.75, 3.05) is 5.32 Å². The van der Waals surface area contributed by atoms with E-state index in [-0.39, 0.29) is 46.1 Å². The summed E-state index contributed by atoms with van der Waals surface area (Å²) in [7, 11) is 1.42. The number of benzene rings is 1. The number of carbonyl (C=O) groups is 3. The lowest BCUT2D eigenvalue weighted by Gasteiger charge is -2.46. The molecule has 1 heterocycles. The predicted molar refractivity (Wildman–Crippen MR) is 117 cm³/mol. The fourth-order valence-electron chi connectivity index (χ4n) is 4.08. The van der Waals surface area contributed by atoms with Gasteiger partial charge >= 0.3 is 0 Å². The molecule has 0 spiro atoms. The Bertz CT molecular complexity index is 1280. The van der Waals surface area contributed by atoms with E-state index in [9.17, 15) is 23.2 Å². The van der Waals surface area contributed by atoms with Crippen LogP contribution in [0.5, 0.6) is 0 Å². The number of carbonyl (C=O) groups excluding carboxylic acids is 3. The van der Waals surface area contributed by atoms with Crippen molar-refractivity contribution >= 4 is 34.9 Å². The van der Waals surface area contributed by atoms with E-state index < -0.39 is 34.6 Å². The number of amides is 2. The number of ketones is 1. The van der Waals surface area contributed by atoms with E-state index in [1.54, 1.807) is 6.07 Å². The van der Waals surface area contributed by atoms with Gasteiger partial charge in [0.15, 0.2) is 0 Å². The van der Waals surface area contributed by atoms with Gasteiger partial charge in [-0.05, 0) is 37.6 Å². The Labute approximate surface area is 193 Å². The molecule has 1 saturated carbocycles. The molecule has 0 saturated heterocycles. The number of alkyl halides is 1. The standard InChI is InChI=1S/C23H19ClF2N4O3/c1-5-23(10-22(3,26)11-23)29-21(33)18(31)16-12(2)17(30(4)19(16)24)20(32)28-14-6-7-15(25)13(8-14)9-27/h1,6-8H,10-11H2,2-4H3,(H,28,32)(H,29,33). The molecule has 2 N–H and O–H groups in total. The second-order valence-electron chi connectivity index (χ2n) is 8.24. The maximum atomic E-state index is 13.9. The molecule has 7 nitrogen and oxygen atoms in total. The molecule has 0 unspecified atom stereocenters. The topological polar surface area (TPSA) is 104 Å². The van der Waals surface area contributed by atoms with E-state index in [0.717, 1.165) is 12.1 Å². The number of rotatable bonds is 5. The van der Waals surface area contributed by atoms with Crippen molar-refractivity contribution in [1.82, 2.24) is 9.88 Å². The number of nitriles is 1. The molecule has 10 heteroatoms. The number of Topliss-reactive ketones (excluding diaryl/α,β-unsaturated/α-hetero) is 1. The van der Waals surface area contributed by atoms with Gasteiger partial charge in [0.1, 0.15) is 33.9 Å². The average molecular weight is 473 g/mol. The first kappa shape index (κ1) is 24.0. The van der Waals surface area contributed by atoms with Crippen LogP contribution in [0.25, 0.3) is 0 Å². The summed E-state index contributed by atoms with van der Waals surface area (Å²) in [4.78, 5) is 38.3. The maximum Gasteiger partial charge on any atom is 0.293 e. The number of nitrogens with one attached hydrogen (secondary N) is 2. The highest BCUT2D eigenvalue weighted by Gasteiger charge is 2.53. The van der Waals surface area contributed by atoms with Crippen molar-refractivity contribution in [2.45, 2.75) is 37.9 Å². The van der Waals surface area contributed by atoms with Crippen LogP contribution in [0, 0.1) is 36.4 Å². The summed E-state index contributed by atoms with van der Waals surface area (Å²) >= 11 is 6.26. The second kappa shape index (κ2) is 8.34. The summed E-state index contributed by atoms with van der Waals surface area (Å²) in [5, 5.41) is 13.7. The number of halogens is 3. The third-order valence-electron chi connectivity index (χ3n) is 5.53. The third kappa shape index (κ3) is 4.33. The molecule has 0 atom stereocenters. The molecule has 1 fully saturated rings. The van der Waals surface area contributed by atoms with Crippen LogP contribution in [0.15, 0.2) is 18.2 Å². The highest BCUT2D eigenvalue weighted by atomic mass is 35.5. The summed E-state index contributed by atoms with van der Waals surface area (Å²) in [5.74, 6) is -1.19. The van der Waals surface area contributed by atoms with Gasteiger partial charge in [-0.25, -0.2) is 8.78 Å². The molecule has 2 amide bonds. The highest BCUT2D eigenvalue weighted by molar-refractivity contribution is 6.47. The van der Waals surface area contributed by atoms with E-state index in [0.29, 0.717) is 0 Å². The number of hydrogen-bond donors (Lipinski definition) is 2. The summed E-state index contributed by atoms with van der Waals surface area (Å²) in [6.07, 6.45) is 5.17. The molecule has 2 aromatic rings. The van der Waals surface area contributed by atoms with Gasteiger partial charge in [-0.2, -0.15) is 5.26 Å². The molecule has 3 rings (SSSR count). The molecular formula is C23H19ClF2N4O3. The SMILES string of the molecule is C#CC1(NC(=O)C(=O)c2c(C)c(C(=O)Nc3ccc(F)c(C#N)c3)n(C)c2Cl)CC(C)(F)C1. The van der Waals surface area contributed by atoms with Gasteiger partial charge in [-0.1, -0.05) is 17.5 Å². The summed E-state index contributed by atoms with van der Waals surface area (Å²) in [6, 6.07) is 5.12. The molecule has 0 radical (unpaired) electrons. The van der Waals surface area contributed by atoms with Crippen molar-refractivity contribution in [3.8, 4) is 18.4 Å². The third-order valence-corrected chi connectivity index (χ3v) is 5.97. The number of nitrogens with zero attached hydrogens (tertiary/aromatic N) is 2. The van der Waals surface area contributed by atoms with E-state index >= 15 is 0 Å². The van der Waals surface area contributed by atoms with Gasteiger partial charge in [0.2, 0.25) is 0 Å². The Balaban J connectivity index is 1.87. The number of terminal acetylenes is 1. The Morgan fingerprint density at radius 2 is 1.94 bits per heavy atom. The quantitative estimate of drug-likeness (QED) is 0.395. The molecule has 1 aromatic carbocycles. The van der Waals surface area contributed by atoms with Crippen LogP contribution < -0.4 is 10.6 Å². The second-order valence-corrected chi connectivity index (χ2v) is 8.59.